The molecule has 0 radical (unpaired) electrons. The highest BCUT2D eigenvalue weighted by Gasteiger charge is 2.08. The number of hydrogen-bond donors (Lipinski definition) is 1. The predicted molar refractivity (Wildman–Crippen MR) is 83.1 cm³/mol. The van der Waals surface area contributed by atoms with E-state index in [0.717, 1.165) is 10.2 Å². The van der Waals surface area contributed by atoms with Crippen LogP contribution in [0.5, 0.6) is 17.2 Å². The van der Waals surface area contributed by atoms with Crippen LogP contribution in [0.25, 0.3) is 0 Å². The summed E-state index contributed by atoms with van der Waals surface area (Å²) in [5.74, 6) is 2.01. The van der Waals surface area contributed by atoms with Crippen LogP contribution in [0.3, 0.4) is 0 Å². The van der Waals surface area contributed by atoms with Crippen LogP contribution in [0.4, 0.5) is 0 Å². The zero-order valence-corrected chi connectivity index (χ0v) is 12.6. The molecule has 98 valence electrons. The molecule has 0 saturated carbocycles. The number of thiocarbonyl (C=S) groups is 1. The summed E-state index contributed by atoms with van der Waals surface area (Å²) in [7, 11) is 1.61. The van der Waals surface area contributed by atoms with Crippen LogP contribution in [-0.2, 0) is 0 Å². The Bertz CT molecular complexity index is 616. The van der Waals surface area contributed by atoms with E-state index in [-0.39, 0.29) is 0 Å². The van der Waals surface area contributed by atoms with E-state index >= 15 is 0 Å². The molecule has 0 amide bonds. The normalized spacial score (nSPS) is 10.0. The van der Waals surface area contributed by atoms with Crippen LogP contribution in [-0.4, -0.2) is 12.1 Å². The summed E-state index contributed by atoms with van der Waals surface area (Å²) in [6.07, 6.45) is 0. The third-order valence-electron chi connectivity index (χ3n) is 2.48. The maximum atomic E-state index is 5.80. The van der Waals surface area contributed by atoms with Gasteiger partial charge in [-0.3, -0.25) is 0 Å². The van der Waals surface area contributed by atoms with Crippen LogP contribution in [0.1, 0.15) is 5.56 Å². The van der Waals surface area contributed by atoms with Crippen molar-refractivity contribution in [2.75, 3.05) is 7.11 Å². The van der Waals surface area contributed by atoms with E-state index in [1.54, 1.807) is 13.2 Å². The lowest BCUT2D eigenvalue weighted by atomic mass is 10.2. The molecule has 0 aliphatic carbocycles. The number of halogens is 1. The number of hydrogen-bond acceptors (Lipinski definition) is 3. The summed E-state index contributed by atoms with van der Waals surface area (Å²) in [6.45, 7) is 0. The third-order valence-corrected chi connectivity index (χ3v) is 3.19. The summed E-state index contributed by atoms with van der Waals surface area (Å²) in [4.78, 5) is 0.291. The molecule has 5 heteroatoms. The van der Waals surface area contributed by atoms with Crippen molar-refractivity contribution in [3.63, 3.8) is 0 Å². The van der Waals surface area contributed by atoms with E-state index in [9.17, 15) is 0 Å². The van der Waals surface area contributed by atoms with Gasteiger partial charge in [-0.1, -0.05) is 34.2 Å². The lowest BCUT2D eigenvalue weighted by molar-refractivity contribution is 0.409. The van der Waals surface area contributed by atoms with Crippen LogP contribution in [0, 0.1) is 0 Å². The summed E-state index contributed by atoms with van der Waals surface area (Å²) < 4.78 is 11.8. The molecule has 0 fully saturated rings. The van der Waals surface area contributed by atoms with Gasteiger partial charge >= 0.3 is 0 Å². The molecule has 0 aliphatic heterocycles. The first-order valence-corrected chi connectivity index (χ1v) is 6.71. The maximum Gasteiger partial charge on any atom is 0.137 e. The van der Waals surface area contributed by atoms with Crippen molar-refractivity contribution in [2.24, 2.45) is 5.73 Å². The van der Waals surface area contributed by atoms with Gasteiger partial charge in [-0.05, 0) is 30.3 Å². The topological polar surface area (TPSA) is 44.5 Å². The van der Waals surface area contributed by atoms with Crippen molar-refractivity contribution >= 4 is 33.1 Å². The Hall–Kier alpha value is -1.59. The van der Waals surface area contributed by atoms with Crippen molar-refractivity contribution < 1.29 is 9.47 Å². The monoisotopic (exact) mass is 337 g/mol. The molecular weight excluding hydrogens is 326 g/mol. The average molecular weight is 338 g/mol. The number of rotatable bonds is 4. The fraction of sp³-hybridized carbons (Fsp3) is 0.0714. The van der Waals surface area contributed by atoms with Gasteiger partial charge in [0.2, 0.25) is 0 Å². The highest BCUT2D eigenvalue weighted by atomic mass is 79.9. The fourth-order valence-electron chi connectivity index (χ4n) is 1.58. The summed E-state index contributed by atoms with van der Waals surface area (Å²) in [5, 5.41) is 0. The Morgan fingerprint density at radius 2 is 1.89 bits per heavy atom. The first-order valence-electron chi connectivity index (χ1n) is 5.51. The minimum Gasteiger partial charge on any atom is -0.497 e. The molecule has 0 atom stereocenters. The van der Waals surface area contributed by atoms with Gasteiger partial charge in [0.05, 0.1) is 12.7 Å². The predicted octanol–water partition coefficient (Wildman–Crippen LogP) is 3.88. The number of ether oxygens (including phenoxy) is 2. The van der Waals surface area contributed by atoms with Gasteiger partial charge < -0.3 is 15.2 Å². The largest absolute Gasteiger partial charge is 0.497 e. The SMILES string of the molecule is COc1cccc(Oc2ccc(Br)cc2C(N)=S)c1. The summed E-state index contributed by atoms with van der Waals surface area (Å²) in [6, 6.07) is 12.9. The molecule has 0 saturated heterocycles. The smallest absolute Gasteiger partial charge is 0.137 e. The fourth-order valence-corrected chi connectivity index (χ4v) is 2.10. The molecule has 2 N–H and O–H groups in total. The summed E-state index contributed by atoms with van der Waals surface area (Å²) in [5.41, 5.74) is 6.39. The molecule has 2 rings (SSSR count). The highest BCUT2D eigenvalue weighted by molar-refractivity contribution is 9.10. The first-order chi connectivity index (χ1) is 9.10. The number of nitrogens with two attached hydrogens (primary N) is 1. The van der Waals surface area contributed by atoms with Crippen molar-refractivity contribution in [1.29, 1.82) is 0 Å². The standard InChI is InChI=1S/C14H12BrNO2S/c1-17-10-3-2-4-11(8-10)18-13-6-5-9(15)7-12(13)14(16)19/h2-8H,1H3,(H2,16,19). The Morgan fingerprint density at radius 1 is 1.16 bits per heavy atom. The molecule has 0 aromatic heterocycles. The number of methoxy groups -OCH3 is 1. The van der Waals surface area contributed by atoms with Gasteiger partial charge in [0.15, 0.2) is 0 Å². The lowest BCUT2D eigenvalue weighted by Gasteiger charge is -2.11. The van der Waals surface area contributed by atoms with Gasteiger partial charge in [-0.25, -0.2) is 0 Å². The number of benzene rings is 2. The van der Waals surface area contributed by atoms with Crippen LogP contribution < -0.4 is 15.2 Å². The average Bonchev–Trinajstić information content (AvgIpc) is 2.41. The molecule has 2 aromatic rings. The second-order valence-corrected chi connectivity index (χ2v) is 5.14. The quantitative estimate of drug-likeness (QED) is 0.859. The second-order valence-electron chi connectivity index (χ2n) is 3.79. The zero-order valence-electron chi connectivity index (χ0n) is 10.2. The molecule has 2 aromatic carbocycles. The Morgan fingerprint density at radius 3 is 2.58 bits per heavy atom. The van der Waals surface area contributed by atoms with Crippen LogP contribution in [0.2, 0.25) is 0 Å². The van der Waals surface area contributed by atoms with E-state index in [1.165, 1.54) is 0 Å². The highest BCUT2D eigenvalue weighted by Crippen LogP contribution is 2.29. The van der Waals surface area contributed by atoms with Crippen LogP contribution in [0.15, 0.2) is 46.9 Å². The maximum absolute atomic E-state index is 5.80. The van der Waals surface area contributed by atoms with E-state index in [4.69, 9.17) is 27.4 Å². The van der Waals surface area contributed by atoms with Crippen molar-refractivity contribution in [1.82, 2.24) is 0 Å². The summed E-state index contributed by atoms with van der Waals surface area (Å²) >= 11 is 8.41. The van der Waals surface area contributed by atoms with Gasteiger partial charge in [-0.15, -0.1) is 0 Å². The molecule has 3 nitrogen and oxygen atoms in total. The van der Waals surface area contributed by atoms with Gasteiger partial charge in [0.1, 0.15) is 22.2 Å². The molecule has 19 heavy (non-hydrogen) atoms. The Labute approximate surface area is 125 Å². The third kappa shape index (κ3) is 3.45. The lowest BCUT2D eigenvalue weighted by Crippen LogP contribution is -2.10. The molecule has 0 heterocycles. The van der Waals surface area contributed by atoms with E-state index < -0.39 is 0 Å². The van der Waals surface area contributed by atoms with Gasteiger partial charge in [-0.2, -0.15) is 0 Å². The van der Waals surface area contributed by atoms with Crippen molar-refractivity contribution in [3.05, 3.63) is 52.5 Å². The van der Waals surface area contributed by atoms with Crippen molar-refractivity contribution in [3.8, 4) is 17.2 Å². The minimum absolute atomic E-state index is 0.291. The van der Waals surface area contributed by atoms with Gasteiger partial charge in [0, 0.05) is 10.5 Å². The Kier molecular flexibility index (Phi) is 4.39. The van der Waals surface area contributed by atoms with E-state index in [1.807, 2.05) is 36.4 Å². The molecule has 0 spiro atoms. The molecule has 0 unspecified atom stereocenters. The van der Waals surface area contributed by atoms with Crippen molar-refractivity contribution in [2.45, 2.75) is 0 Å². The molecule has 0 bridgehead atoms. The molecular formula is C14H12BrNO2S. The first kappa shape index (κ1) is 13.8. The van der Waals surface area contributed by atoms with Gasteiger partial charge in [0.25, 0.3) is 0 Å². The second kappa shape index (κ2) is 6.04. The van der Waals surface area contributed by atoms with E-state index in [0.29, 0.717) is 22.1 Å². The molecule has 0 aliphatic rings. The van der Waals surface area contributed by atoms with Crippen LogP contribution >= 0.6 is 28.1 Å². The Balaban J connectivity index is 2.34. The van der Waals surface area contributed by atoms with E-state index in [2.05, 4.69) is 15.9 Å². The minimum atomic E-state index is 0.291. The zero-order chi connectivity index (χ0) is 13.8.